The van der Waals surface area contributed by atoms with E-state index in [-0.39, 0.29) is 29.9 Å². The largest absolute Gasteiger partial charge is 0.455 e. The molecule has 1 spiro atoms. The number of fused-ring (bicyclic) bond motifs is 2. The van der Waals surface area contributed by atoms with Crippen molar-refractivity contribution in [2.75, 3.05) is 48.6 Å². The molecule has 6 aliphatic rings. The molecule has 0 radical (unpaired) electrons. The Morgan fingerprint density at radius 2 is 1.61 bits per heavy atom. The van der Waals surface area contributed by atoms with E-state index in [1.165, 1.54) is 58.1 Å². The second kappa shape index (κ2) is 16.7. The van der Waals surface area contributed by atoms with E-state index in [1.807, 2.05) is 12.1 Å². The summed E-state index contributed by atoms with van der Waals surface area (Å²) in [5.41, 5.74) is -4.07. The smallest absolute Gasteiger partial charge is 0.338 e. The van der Waals surface area contributed by atoms with Crippen molar-refractivity contribution in [2.45, 2.75) is 138 Å². The Labute approximate surface area is 333 Å². The van der Waals surface area contributed by atoms with Crippen LogP contribution >= 0.6 is 0 Å². The summed E-state index contributed by atoms with van der Waals surface area (Å²) in [6.45, 7) is 3.46. The molecule has 6 fully saturated rings. The lowest BCUT2D eigenvalue weighted by Gasteiger charge is -2.69. The number of benzene rings is 1. The molecule has 5 aliphatic carbocycles. The fourth-order valence-electron chi connectivity index (χ4n) is 14.0. The average Bonchev–Trinajstić information content (AvgIpc) is 3.59. The molecule has 0 amide bonds. The predicted molar refractivity (Wildman–Crippen MR) is 210 cm³/mol. The van der Waals surface area contributed by atoms with Gasteiger partial charge in [0.1, 0.15) is 23.9 Å². The Hall–Kier alpha value is -2.38. The van der Waals surface area contributed by atoms with Crippen molar-refractivity contribution in [1.29, 1.82) is 0 Å². The summed E-state index contributed by atoms with van der Waals surface area (Å²) in [6, 6.07) is 8.46. The number of piperidine rings is 1. The van der Waals surface area contributed by atoms with Crippen molar-refractivity contribution in [3.05, 3.63) is 48.0 Å². The number of rotatable bonds is 19. The highest BCUT2D eigenvalue weighted by atomic mass is 16.6. The first kappa shape index (κ1) is 41.8. The molecule has 11 heteroatoms. The van der Waals surface area contributed by atoms with Gasteiger partial charge in [-0.3, -0.25) is 0 Å². The maximum atomic E-state index is 14.3. The SMILES string of the molecule is CCCCCCCCCCC/C=C/C(=O)O[C@]12[C@H]3[C@@H](OC(=O)c4ccccc4)[C@](O)(C[C@H]3[C@@]34C5[C@@H]1[C@H](OC)[C@@H]3[C@@](COC)(CC[C@@H]4OC)CN5C)[C@@H](OC)[C@@H]2O. The molecular formula is C45H67NO10. The molecule has 1 saturated heterocycles. The van der Waals surface area contributed by atoms with Gasteiger partial charge in [-0.2, -0.15) is 0 Å². The van der Waals surface area contributed by atoms with Gasteiger partial charge in [-0.15, -0.1) is 0 Å². The molecule has 1 unspecified atom stereocenters. The van der Waals surface area contributed by atoms with E-state index >= 15 is 0 Å². The summed E-state index contributed by atoms with van der Waals surface area (Å²) in [5.74, 6) is -3.08. The Kier molecular flexibility index (Phi) is 12.5. The highest BCUT2D eigenvalue weighted by Crippen LogP contribution is 2.80. The van der Waals surface area contributed by atoms with Gasteiger partial charge in [0, 0.05) is 75.7 Å². The monoisotopic (exact) mass is 781 g/mol. The van der Waals surface area contributed by atoms with E-state index < -0.39 is 70.7 Å². The van der Waals surface area contributed by atoms with Crippen molar-refractivity contribution in [3.8, 4) is 0 Å². The lowest BCUT2D eigenvalue weighted by molar-refractivity contribution is -0.315. The number of hydrogen-bond acceptors (Lipinski definition) is 11. The normalized spacial score (nSPS) is 41.9. The van der Waals surface area contributed by atoms with E-state index in [4.69, 9.17) is 28.4 Å². The summed E-state index contributed by atoms with van der Waals surface area (Å²) in [5, 5.41) is 25.9. The number of aliphatic hydroxyl groups excluding tert-OH is 1. The first-order valence-corrected chi connectivity index (χ1v) is 21.4. The molecule has 7 bridgehead atoms. The predicted octanol–water partition coefficient (Wildman–Crippen LogP) is 5.74. The van der Waals surface area contributed by atoms with Gasteiger partial charge in [0.05, 0.1) is 24.4 Å². The molecule has 7 rings (SSSR count). The molecule has 2 N–H and O–H groups in total. The van der Waals surface area contributed by atoms with Crippen LogP contribution in [-0.2, 0) is 33.2 Å². The van der Waals surface area contributed by atoms with Crippen LogP contribution in [0.25, 0.3) is 0 Å². The summed E-state index contributed by atoms with van der Waals surface area (Å²) in [6.07, 6.45) is 12.2. The minimum absolute atomic E-state index is 0.126. The summed E-state index contributed by atoms with van der Waals surface area (Å²) < 4.78 is 38.6. The van der Waals surface area contributed by atoms with Gasteiger partial charge in [0.15, 0.2) is 5.60 Å². The molecular weight excluding hydrogens is 714 g/mol. The lowest BCUT2D eigenvalue weighted by atomic mass is 9.43. The van der Waals surface area contributed by atoms with E-state index in [9.17, 15) is 19.8 Å². The topological polar surface area (TPSA) is 133 Å². The maximum Gasteiger partial charge on any atom is 0.338 e. The van der Waals surface area contributed by atoms with Crippen LogP contribution in [0.2, 0.25) is 0 Å². The summed E-state index contributed by atoms with van der Waals surface area (Å²) in [7, 11) is 8.75. The number of ether oxygens (including phenoxy) is 6. The number of esters is 2. The zero-order chi connectivity index (χ0) is 39.9. The van der Waals surface area contributed by atoms with Gasteiger partial charge < -0.3 is 43.5 Å². The molecule has 1 heterocycles. The molecule has 1 aromatic carbocycles. The molecule has 11 nitrogen and oxygen atoms in total. The maximum absolute atomic E-state index is 14.3. The first-order chi connectivity index (χ1) is 27.1. The van der Waals surface area contributed by atoms with Crippen LogP contribution in [0.5, 0.6) is 0 Å². The number of nitrogens with zero attached hydrogens (tertiary/aromatic N) is 1. The van der Waals surface area contributed by atoms with E-state index in [2.05, 4.69) is 18.9 Å². The lowest BCUT2D eigenvalue weighted by Crippen LogP contribution is -2.80. The fourth-order valence-corrected chi connectivity index (χ4v) is 14.0. The third-order valence-electron chi connectivity index (χ3n) is 15.5. The zero-order valence-corrected chi connectivity index (χ0v) is 34.5. The molecule has 1 aliphatic heterocycles. The second-order valence-corrected chi connectivity index (χ2v) is 18.0. The molecule has 14 atom stereocenters. The van der Waals surface area contributed by atoms with Crippen LogP contribution in [0.4, 0.5) is 0 Å². The highest BCUT2D eigenvalue weighted by Gasteiger charge is 2.91. The van der Waals surface area contributed by atoms with Gasteiger partial charge >= 0.3 is 11.9 Å². The Morgan fingerprint density at radius 3 is 2.25 bits per heavy atom. The number of carbonyl (C=O) groups excluding carboxylic acids is 2. The standard InChI is InChI=1S/C45H67NO10/c1-7-8-9-10-11-12-13-14-15-16-20-23-32(47)56-45-33-30(26-43(50,40(54-6)38(45)48)39(33)55-41(49)29-21-18-17-19-22-29)44-31(52-4)24-25-42(28-51-3)27-46(2)37(44)34(45)35(53-5)36(42)44/h17-23,30-31,33-40,48,50H,7-16,24-28H2,1-6H3/b23-20+/t30-,31+,33-,34+,35+,36-,37?,38+,39-,40+,42+,43-,44+,45-/m1/s1. The van der Waals surface area contributed by atoms with E-state index in [1.54, 1.807) is 45.6 Å². The Morgan fingerprint density at radius 1 is 0.911 bits per heavy atom. The Balaban J connectivity index is 1.28. The molecule has 1 aromatic rings. The van der Waals surface area contributed by atoms with Crippen LogP contribution in [0, 0.1) is 34.5 Å². The minimum atomic E-state index is -1.79. The number of carbonyl (C=O) groups is 2. The molecule has 56 heavy (non-hydrogen) atoms. The number of methoxy groups -OCH3 is 4. The number of likely N-dealkylation sites (tertiary alicyclic amines) is 1. The number of aliphatic hydroxyl groups is 2. The van der Waals surface area contributed by atoms with Crippen molar-refractivity contribution in [2.24, 2.45) is 34.5 Å². The van der Waals surface area contributed by atoms with Crippen molar-refractivity contribution in [1.82, 2.24) is 4.90 Å². The molecule has 0 aromatic heterocycles. The van der Waals surface area contributed by atoms with E-state index in [0.29, 0.717) is 12.2 Å². The highest BCUT2D eigenvalue weighted by molar-refractivity contribution is 5.89. The van der Waals surface area contributed by atoms with Crippen LogP contribution in [-0.4, -0.2) is 123 Å². The third-order valence-corrected chi connectivity index (χ3v) is 15.5. The van der Waals surface area contributed by atoms with Crippen molar-refractivity contribution >= 4 is 11.9 Å². The van der Waals surface area contributed by atoms with Crippen LogP contribution < -0.4 is 0 Å². The summed E-state index contributed by atoms with van der Waals surface area (Å²) >= 11 is 0. The number of allylic oxidation sites excluding steroid dienone is 1. The van der Waals surface area contributed by atoms with Gasteiger partial charge in [-0.05, 0) is 57.2 Å². The molecule has 312 valence electrons. The van der Waals surface area contributed by atoms with Crippen LogP contribution in [0.15, 0.2) is 42.5 Å². The minimum Gasteiger partial charge on any atom is -0.455 e. The van der Waals surface area contributed by atoms with Crippen molar-refractivity contribution < 1.29 is 48.2 Å². The van der Waals surface area contributed by atoms with Gasteiger partial charge in [-0.25, -0.2) is 9.59 Å². The Bertz CT molecular complexity index is 1560. The second-order valence-electron chi connectivity index (χ2n) is 18.0. The fraction of sp³-hybridized carbons (Fsp3) is 0.778. The zero-order valence-electron chi connectivity index (χ0n) is 34.5. The average molecular weight is 782 g/mol. The third kappa shape index (κ3) is 6.24. The van der Waals surface area contributed by atoms with Crippen molar-refractivity contribution in [3.63, 3.8) is 0 Å². The quantitative estimate of drug-likeness (QED) is 0.101. The van der Waals surface area contributed by atoms with Gasteiger partial charge in [0.2, 0.25) is 0 Å². The summed E-state index contributed by atoms with van der Waals surface area (Å²) in [4.78, 5) is 30.7. The number of unbranched alkanes of at least 4 members (excludes halogenated alkanes) is 9. The van der Waals surface area contributed by atoms with Crippen LogP contribution in [0.3, 0.4) is 0 Å². The first-order valence-electron chi connectivity index (χ1n) is 21.4. The van der Waals surface area contributed by atoms with E-state index in [0.717, 1.165) is 38.6 Å². The molecule has 5 saturated carbocycles. The van der Waals surface area contributed by atoms with Crippen LogP contribution in [0.1, 0.15) is 101 Å². The number of hydrogen-bond donors (Lipinski definition) is 2. The van der Waals surface area contributed by atoms with Gasteiger partial charge in [-0.1, -0.05) is 82.6 Å². The van der Waals surface area contributed by atoms with Gasteiger partial charge in [0.25, 0.3) is 0 Å².